The third kappa shape index (κ3) is 11.8. The van der Waals surface area contributed by atoms with Crippen molar-refractivity contribution in [1.82, 2.24) is 39.8 Å². The van der Waals surface area contributed by atoms with E-state index in [2.05, 4.69) is 33.3 Å². The Morgan fingerprint density at radius 2 is 1.30 bits per heavy atom. The highest BCUT2D eigenvalue weighted by molar-refractivity contribution is 5.97. The van der Waals surface area contributed by atoms with Crippen molar-refractivity contribution < 1.29 is 42.6 Å². The average Bonchev–Trinajstić information content (AvgIpc) is 3.34. The lowest BCUT2D eigenvalue weighted by molar-refractivity contribution is -0.148. The van der Waals surface area contributed by atoms with Crippen molar-refractivity contribution in [2.75, 3.05) is 57.3 Å². The highest BCUT2D eigenvalue weighted by atomic mass is 19.1. The maximum atomic E-state index is 14.3. The molecule has 17 nitrogen and oxygen atoms in total. The van der Waals surface area contributed by atoms with Gasteiger partial charge in [0.1, 0.15) is 35.1 Å². The fraction of sp³-hybridized carbons (Fsp3) is 0.678. The van der Waals surface area contributed by atoms with Gasteiger partial charge in [-0.2, -0.15) is 0 Å². The molecule has 77 heavy (non-hydrogen) atoms. The summed E-state index contributed by atoms with van der Waals surface area (Å²) in [5.41, 5.74) is 1.54. The number of hydrogen-bond donors (Lipinski definition) is 1. The molecule has 1 N–H and O–H groups in total. The van der Waals surface area contributed by atoms with Crippen LogP contribution in [0.2, 0.25) is 0 Å². The van der Waals surface area contributed by atoms with Crippen molar-refractivity contribution in [3.63, 3.8) is 0 Å². The first-order chi connectivity index (χ1) is 36.2. The minimum absolute atomic E-state index is 0.00716. The van der Waals surface area contributed by atoms with Crippen LogP contribution in [0.5, 0.6) is 11.5 Å². The third-order valence-corrected chi connectivity index (χ3v) is 17.4. The van der Waals surface area contributed by atoms with Gasteiger partial charge in [-0.25, -0.2) is 23.9 Å². The zero-order valence-corrected chi connectivity index (χ0v) is 47.4. The van der Waals surface area contributed by atoms with Gasteiger partial charge >= 0.3 is 12.2 Å². The van der Waals surface area contributed by atoms with Crippen molar-refractivity contribution in [2.24, 2.45) is 22.7 Å². The molecule has 0 unspecified atom stereocenters. The van der Waals surface area contributed by atoms with Crippen LogP contribution in [-0.2, 0) is 19.1 Å². The Labute approximate surface area is 455 Å². The van der Waals surface area contributed by atoms with E-state index in [1.54, 1.807) is 20.9 Å². The number of ether oxygens (including phenoxy) is 3. The van der Waals surface area contributed by atoms with Crippen LogP contribution in [0.15, 0.2) is 55.0 Å². The molecule has 18 heteroatoms. The SMILES string of the molecule is C=C1C[C@@H]2CC[C@H]1[C@@H](C(=O)N1CCC3(CC1)CN(C(=O)OC(C)(C)C)C3)N2C(=O)OC(C)(C)C.C=C1C[C@@H]2CC[C@H]1[C@@H](C(=O)N1CCC3(CC1)CN(c1ncncc1Oc1ccc(F)cc1C(=O)N(C(C)C)C(C)C)C3)N2. The van der Waals surface area contributed by atoms with E-state index >= 15 is 0 Å². The lowest BCUT2D eigenvalue weighted by atomic mass is 9.70. The van der Waals surface area contributed by atoms with Gasteiger partial charge in [0.15, 0.2) is 11.6 Å². The predicted octanol–water partition coefficient (Wildman–Crippen LogP) is 8.98. The van der Waals surface area contributed by atoms with Crippen LogP contribution in [0.25, 0.3) is 0 Å². The number of aromatic nitrogens is 2. The van der Waals surface area contributed by atoms with E-state index in [1.807, 2.05) is 79.0 Å². The molecule has 10 aliphatic rings. The number of halogens is 1. The van der Waals surface area contributed by atoms with Gasteiger partial charge in [0, 0.05) is 99.2 Å². The summed E-state index contributed by atoms with van der Waals surface area (Å²) in [6, 6.07) is 3.61. The standard InChI is InChI=1S/C33H43FN6O3.C26H41N3O5/c1-20(2)40(21(3)4)31(41)26-15-23(34)6-9-27(26)43-28-16-35-19-36-30(28)39-17-33(18-39)10-12-38(13-11-33)32(42)29-25-8-7-24(37-29)14-22(25)5;1-17-14-18-8-9-19(17)20(29(18)23(32)34-25(5,6)7)21(30)27-12-10-26(11-13-27)15-28(16-26)22(31)33-24(2,3)4/h6,9,15-16,19-21,24-25,29,37H,5,7-8,10-14,17-18H2,1-4H3;18-20H,1,8-16H2,2-7H3/t24-,25+,29-;18-,19+,20-/m00/s1. The number of amides is 5. The Hall–Kier alpha value is -5.78. The summed E-state index contributed by atoms with van der Waals surface area (Å²) in [7, 11) is 0. The van der Waals surface area contributed by atoms with Gasteiger partial charge < -0.3 is 44.0 Å². The highest BCUT2D eigenvalue weighted by Gasteiger charge is 2.54. The van der Waals surface area contributed by atoms with Gasteiger partial charge in [0.25, 0.3) is 5.91 Å². The number of piperidine rings is 6. The summed E-state index contributed by atoms with van der Waals surface area (Å²) < 4.78 is 31.8. The molecule has 2 aliphatic carbocycles. The first-order valence-electron chi connectivity index (χ1n) is 28.3. The van der Waals surface area contributed by atoms with Crippen molar-refractivity contribution in [3.05, 3.63) is 66.4 Å². The summed E-state index contributed by atoms with van der Waals surface area (Å²) in [5.74, 6) is 1.04. The number of hydrogen-bond acceptors (Lipinski definition) is 12. The largest absolute Gasteiger partial charge is 0.451 e. The Balaban J connectivity index is 0.000000193. The average molecular weight is 1070 g/mol. The molecule has 0 radical (unpaired) electrons. The number of rotatable bonds is 8. The highest BCUT2D eigenvalue weighted by Crippen LogP contribution is 2.48. The summed E-state index contributed by atoms with van der Waals surface area (Å²) in [4.78, 5) is 86.2. The molecular weight excluding hydrogens is 982 g/mol. The molecule has 1 aromatic carbocycles. The number of carbonyl (C=O) groups is 5. The minimum atomic E-state index is -0.611. The second-order valence-electron chi connectivity index (χ2n) is 26.1. The van der Waals surface area contributed by atoms with Gasteiger partial charge in [-0.3, -0.25) is 19.3 Å². The maximum absolute atomic E-state index is 14.3. The second-order valence-corrected chi connectivity index (χ2v) is 26.1. The molecule has 12 rings (SSSR count). The molecule has 10 fully saturated rings. The zero-order valence-electron chi connectivity index (χ0n) is 47.4. The number of benzene rings is 1. The molecule has 420 valence electrons. The maximum Gasteiger partial charge on any atom is 0.411 e. The molecule has 2 aromatic rings. The molecule has 4 bridgehead atoms. The Morgan fingerprint density at radius 1 is 0.727 bits per heavy atom. The molecule has 6 atom stereocenters. The molecule has 5 amide bonds. The van der Waals surface area contributed by atoms with Crippen LogP contribution >= 0.6 is 0 Å². The minimum Gasteiger partial charge on any atom is -0.451 e. The molecule has 8 aliphatic heterocycles. The van der Waals surface area contributed by atoms with E-state index in [-0.39, 0.29) is 82.0 Å². The van der Waals surface area contributed by atoms with E-state index < -0.39 is 29.2 Å². The quantitative estimate of drug-likeness (QED) is 0.250. The van der Waals surface area contributed by atoms with Crippen molar-refractivity contribution >= 4 is 35.7 Å². The summed E-state index contributed by atoms with van der Waals surface area (Å²) >= 11 is 0. The van der Waals surface area contributed by atoms with Crippen LogP contribution in [0.4, 0.5) is 19.8 Å². The van der Waals surface area contributed by atoms with Crippen LogP contribution in [0.3, 0.4) is 0 Å². The first-order valence-corrected chi connectivity index (χ1v) is 28.3. The Morgan fingerprint density at radius 3 is 1.87 bits per heavy atom. The number of nitrogens with zero attached hydrogens (tertiary/aromatic N) is 8. The van der Waals surface area contributed by atoms with Gasteiger partial charge in [0.05, 0.1) is 17.8 Å². The van der Waals surface area contributed by atoms with Gasteiger partial charge in [0.2, 0.25) is 11.8 Å². The van der Waals surface area contributed by atoms with Crippen LogP contribution in [0.1, 0.15) is 144 Å². The van der Waals surface area contributed by atoms with E-state index in [0.717, 1.165) is 96.0 Å². The number of fused-ring (bicyclic) bond motifs is 6. The topological polar surface area (TPSA) is 170 Å². The number of carbonyl (C=O) groups excluding carboxylic acids is 5. The molecule has 9 heterocycles. The normalized spacial score (nSPS) is 26.3. The molecular formula is C59H84FN9O8. The molecule has 1 aromatic heterocycles. The van der Waals surface area contributed by atoms with E-state index in [9.17, 15) is 28.4 Å². The van der Waals surface area contributed by atoms with Gasteiger partial charge in [-0.1, -0.05) is 24.3 Å². The van der Waals surface area contributed by atoms with E-state index in [4.69, 9.17) is 14.2 Å². The number of nitrogens with one attached hydrogen (secondary N) is 1. The van der Waals surface area contributed by atoms with Crippen LogP contribution in [-0.4, -0.2) is 164 Å². The fourth-order valence-corrected chi connectivity index (χ4v) is 13.6. The second kappa shape index (κ2) is 21.5. The predicted molar refractivity (Wildman–Crippen MR) is 291 cm³/mol. The van der Waals surface area contributed by atoms with Crippen LogP contribution < -0.4 is 15.0 Å². The summed E-state index contributed by atoms with van der Waals surface area (Å²) in [5, 5.41) is 3.58. The van der Waals surface area contributed by atoms with Crippen molar-refractivity contribution in [1.29, 1.82) is 0 Å². The first kappa shape index (κ1) is 56.0. The van der Waals surface area contributed by atoms with Crippen molar-refractivity contribution in [3.8, 4) is 11.5 Å². The molecule has 2 spiro atoms. The monoisotopic (exact) mass is 1070 g/mol. The van der Waals surface area contributed by atoms with E-state index in [0.29, 0.717) is 43.8 Å². The third-order valence-electron chi connectivity index (χ3n) is 17.4. The number of likely N-dealkylation sites (tertiary alicyclic amines) is 3. The van der Waals surface area contributed by atoms with E-state index in [1.165, 1.54) is 30.1 Å². The Kier molecular flexibility index (Phi) is 15.6. The lowest BCUT2D eigenvalue weighted by Crippen LogP contribution is -2.66. The van der Waals surface area contributed by atoms with Gasteiger partial charge in [-0.15, -0.1) is 0 Å². The fourth-order valence-electron chi connectivity index (χ4n) is 13.6. The molecule has 8 saturated heterocycles. The zero-order chi connectivity index (χ0) is 55.5. The summed E-state index contributed by atoms with van der Waals surface area (Å²) in [6.07, 6.45) is 11.7. The van der Waals surface area contributed by atoms with Gasteiger partial charge in [-0.05, 0) is 152 Å². The van der Waals surface area contributed by atoms with Crippen molar-refractivity contribution in [2.45, 2.75) is 181 Å². The smallest absolute Gasteiger partial charge is 0.411 e. The lowest BCUT2D eigenvalue weighted by Gasteiger charge is -2.55. The molecule has 2 saturated carbocycles. The number of anilines is 1. The van der Waals surface area contributed by atoms with Crippen LogP contribution in [0, 0.1) is 28.5 Å². The Bertz CT molecular complexity index is 2590. The summed E-state index contributed by atoms with van der Waals surface area (Å²) in [6.45, 7) is 33.2.